The lowest BCUT2D eigenvalue weighted by Gasteiger charge is -2.53. The van der Waals surface area contributed by atoms with Crippen molar-refractivity contribution in [3.63, 3.8) is 0 Å². The number of aliphatic hydroxyl groups excluding tert-OH is 3. The predicted octanol–water partition coefficient (Wildman–Crippen LogP) is -0.0824. The highest BCUT2D eigenvalue weighted by Crippen LogP contribution is 2.55. The van der Waals surface area contributed by atoms with Gasteiger partial charge in [0.15, 0.2) is 11.4 Å². The van der Waals surface area contributed by atoms with Crippen molar-refractivity contribution in [2.45, 2.75) is 30.5 Å². The van der Waals surface area contributed by atoms with Gasteiger partial charge in [-0.1, -0.05) is 19.0 Å². The summed E-state index contributed by atoms with van der Waals surface area (Å²) in [5.74, 6) is -15.7. The molecule has 0 spiro atoms. The Balaban J connectivity index is 0.00000400. The van der Waals surface area contributed by atoms with Gasteiger partial charge in [0, 0.05) is 17.0 Å². The number of aliphatic hydroxyl groups is 4. The molecule has 178 valence electrons. The minimum atomic E-state index is -3.43. The minimum absolute atomic E-state index is 0. The van der Waals surface area contributed by atoms with Gasteiger partial charge in [-0.3, -0.25) is 19.3 Å². The van der Waals surface area contributed by atoms with Crippen LogP contribution in [0.2, 0.25) is 0 Å². The van der Waals surface area contributed by atoms with Crippen molar-refractivity contribution >= 4 is 35.6 Å². The van der Waals surface area contributed by atoms with E-state index in [2.05, 4.69) is 0 Å². The van der Waals surface area contributed by atoms with E-state index in [0.29, 0.717) is 0 Å². The largest absolute Gasteiger partial charge is 0.508 e. The molecule has 1 amide bonds. The Labute approximate surface area is 202 Å². The Morgan fingerprint density at radius 3 is 2.42 bits per heavy atom. The SMILES string of the molecule is Cl.[2H]C1(N(C)C)C(=O)C(C(N)=O)=C(O)[C@@]2(O)C(=O)C3=C(O)c4c(O)cccc4C([2H])(C([2H])([2H])[2H])[C@H]3[C@H](O)[C@@H]12. The van der Waals surface area contributed by atoms with Crippen molar-refractivity contribution in [1.82, 2.24) is 4.90 Å². The molecule has 0 aliphatic heterocycles. The number of nitrogens with two attached hydrogens (primary N) is 1. The Morgan fingerprint density at radius 1 is 1.24 bits per heavy atom. The van der Waals surface area contributed by atoms with Gasteiger partial charge >= 0.3 is 0 Å². The van der Waals surface area contributed by atoms with Crippen LogP contribution in [0.3, 0.4) is 0 Å². The molecule has 1 fully saturated rings. The zero-order chi connectivity index (χ0) is 28.2. The molecule has 1 aromatic rings. The number of aromatic hydroxyl groups is 1. The van der Waals surface area contributed by atoms with Gasteiger partial charge in [-0.25, -0.2) is 0 Å². The molecule has 0 radical (unpaired) electrons. The third kappa shape index (κ3) is 2.95. The maximum atomic E-state index is 13.9. The Bertz CT molecular complexity index is 1350. The number of carbonyl (C=O) groups is 3. The first-order valence-electron chi connectivity index (χ1n) is 12.0. The van der Waals surface area contributed by atoms with E-state index < -0.39 is 99.3 Å². The van der Waals surface area contributed by atoms with E-state index in [1.165, 1.54) is 6.07 Å². The molecule has 7 N–H and O–H groups in total. The zero-order valence-electron chi connectivity index (χ0n) is 22.4. The number of amides is 1. The highest BCUT2D eigenvalue weighted by atomic mass is 35.5. The van der Waals surface area contributed by atoms with Gasteiger partial charge < -0.3 is 31.3 Å². The van der Waals surface area contributed by atoms with Crippen LogP contribution in [0.15, 0.2) is 35.1 Å². The summed E-state index contributed by atoms with van der Waals surface area (Å²) < 4.78 is 42.4. The number of carbonyl (C=O) groups excluding carboxylic acids is 3. The average Bonchev–Trinajstić information content (AvgIpc) is 2.77. The van der Waals surface area contributed by atoms with E-state index in [-0.39, 0.29) is 12.4 Å². The molecule has 10 nitrogen and oxygen atoms in total. The molecule has 3 aliphatic rings. The molecule has 0 heterocycles. The summed E-state index contributed by atoms with van der Waals surface area (Å²) in [5, 5.41) is 55.6. The van der Waals surface area contributed by atoms with Crippen molar-refractivity contribution in [2.75, 3.05) is 14.1 Å². The molecule has 1 saturated carbocycles. The number of halogens is 1. The quantitative estimate of drug-likeness (QED) is 0.312. The lowest BCUT2D eigenvalue weighted by atomic mass is 9.54. The molecule has 33 heavy (non-hydrogen) atoms. The molecular weight excluding hydrogens is 456 g/mol. The summed E-state index contributed by atoms with van der Waals surface area (Å²) in [6, 6.07) is 0.436. The first kappa shape index (κ1) is 18.5. The first-order valence-corrected chi connectivity index (χ1v) is 9.49. The molecule has 3 aliphatic carbocycles. The van der Waals surface area contributed by atoms with E-state index in [9.17, 15) is 39.9 Å². The normalized spacial score (nSPS) is 40.4. The fourth-order valence-corrected chi connectivity index (χ4v) is 4.88. The number of phenols is 1. The van der Waals surface area contributed by atoms with Crippen LogP contribution in [0.4, 0.5) is 0 Å². The predicted molar refractivity (Wildman–Crippen MR) is 118 cm³/mol. The van der Waals surface area contributed by atoms with E-state index >= 15 is 0 Å². The fourth-order valence-electron chi connectivity index (χ4n) is 4.88. The highest BCUT2D eigenvalue weighted by molar-refractivity contribution is 6.24. The van der Waals surface area contributed by atoms with Crippen molar-refractivity contribution in [2.24, 2.45) is 17.6 Å². The third-order valence-corrected chi connectivity index (χ3v) is 6.25. The number of hydrogen-bond acceptors (Lipinski definition) is 9. The van der Waals surface area contributed by atoms with E-state index in [1.807, 2.05) is 0 Å². The summed E-state index contributed by atoms with van der Waals surface area (Å²) in [6.45, 7) is -3.35. The molecule has 11 heteroatoms. The lowest BCUT2D eigenvalue weighted by Crippen LogP contribution is -2.70. The van der Waals surface area contributed by atoms with Gasteiger partial charge in [-0.15, -0.1) is 12.4 Å². The Kier molecular flexibility index (Phi) is 4.40. The van der Waals surface area contributed by atoms with Crippen LogP contribution in [0, 0.1) is 11.8 Å². The second kappa shape index (κ2) is 7.84. The number of fused-ring (bicyclic) bond motifs is 3. The molecule has 6 atom stereocenters. The third-order valence-electron chi connectivity index (χ3n) is 6.25. The molecule has 0 aromatic heterocycles. The number of rotatable bonds is 2. The summed E-state index contributed by atoms with van der Waals surface area (Å²) in [7, 11) is 2.27. The number of nitrogens with zero attached hydrogens (tertiary/aromatic N) is 1. The molecular formula is C22H25ClN2O8. The number of phenolic OH excluding ortho intramolecular Hbond substituents is 1. The smallest absolute Gasteiger partial charge is 0.255 e. The van der Waals surface area contributed by atoms with Crippen LogP contribution in [-0.4, -0.2) is 79.7 Å². The summed E-state index contributed by atoms with van der Waals surface area (Å²) in [6.07, 6.45) is -2.42. The number of ketones is 2. The topological polar surface area (TPSA) is 182 Å². The Hall–Kier alpha value is -2.92. The van der Waals surface area contributed by atoms with Crippen LogP contribution in [0.25, 0.3) is 5.76 Å². The van der Waals surface area contributed by atoms with Crippen LogP contribution in [0.1, 0.15) is 30.7 Å². The number of likely N-dealkylation sites (N-methyl/N-ethyl adjacent to an activating group) is 1. The van der Waals surface area contributed by atoms with E-state index in [0.717, 1.165) is 31.1 Å². The maximum Gasteiger partial charge on any atom is 0.255 e. The van der Waals surface area contributed by atoms with Crippen molar-refractivity contribution in [3.05, 3.63) is 46.2 Å². The van der Waals surface area contributed by atoms with E-state index in [4.69, 9.17) is 12.6 Å². The number of Topliss-reactive ketones (excluding diaryl/α,β-unsaturated/α-hetero) is 2. The second-order valence-electron chi connectivity index (χ2n) is 8.11. The molecule has 1 aromatic carbocycles. The van der Waals surface area contributed by atoms with E-state index in [1.54, 1.807) is 0 Å². The molecule has 0 saturated heterocycles. The molecule has 4 rings (SSSR count). The standard InChI is InChI=1S/C22H24N2O8.ClH/c1-7-8-5-4-6-9(25)11(8)16(26)12-10(7)17(27)14-15(24(2)3)18(28)13(21(23)31)20(30)22(14,32)19(12)29;/h4-7,10,14-15,17,25-27,30,32H,1-3H3,(H2,23,31);1H/t7?,10-,14-,15?,17+,22+;/m1./s1/i1D3,7D,15D;. The van der Waals surface area contributed by atoms with Crippen LogP contribution in [0.5, 0.6) is 5.75 Å². The highest BCUT2D eigenvalue weighted by Gasteiger charge is 2.68. The van der Waals surface area contributed by atoms with Gasteiger partial charge in [0.05, 0.1) is 25.0 Å². The fraction of sp³-hybridized carbons (Fsp3) is 0.409. The number of benzene rings is 1. The van der Waals surface area contributed by atoms with Crippen LogP contribution < -0.4 is 5.73 Å². The van der Waals surface area contributed by atoms with Crippen molar-refractivity contribution in [1.29, 1.82) is 0 Å². The number of hydrogen-bond donors (Lipinski definition) is 6. The van der Waals surface area contributed by atoms with Crippen molar-refractivity contribution < 1.29 is 46.8 Å². The molecule has 2 unspecified atom stereocenters. The Morgan fingerprint density at radius 2 is 1.88 bits per heavy atom. The number of primary amides is 1. The van der Waals surface area contributed by atoms with Gasteiger partial charge in [0.2, 0.25) is 5.78 Å². The van der Waals surface area contributed by atoms with Gasteiger partial charge in [0.1, 0.15) is 22.8 Å². The van der Waals surface area contributed by atoms with Crippen molar-refractivity contribution in [3.8, 4) is 5.75 Å². The minimum Gasteiger partial charge on any atom is -0.508 e. The summed E-state index contributed by atoms with van der Waals surface area (Å²) >= 11 is 0. The average molecular weight is 486 g/mol. The van der Waals surface area contributed by atoms with Gasteiger partial charge in [0.25, 0.3) is 5.91 Å². The zero-order valence-corrected chi connectivity index (χ0v) is 18.2. The first-order chi connectivity index (χ1) is 16.8. The monoisotopic (exact) mass is 485 g/mol. The second-order valence-corrected chi connectivity index (χ2v) is 8.11. The lowest BCUT2D eigenvalue weighted by molar-refractivity contribution is -0.169. The van der Waals surface area contributed by atoms with Crippen LogP contribution in [-0.2, 0) is 14.4 Å². The van der Waals surface area contributed by atoms with Gasteiger partial charge in [-0.2, -0.15) is 0 Å². The van der Waals surface area contributed by atoms with Crippen LogP contribution >= 0.6 is 12.4 Å². The summed E-state index contributed by atoms with van der Waals surface area (Å²) in [5.41, 5.74) is -1.68. The van der Waals surface area contributed by atoms with Gasteiger partial charge in [-0.05, 0) is 31.6 Å². The maximum absolute atomic E-state index is 13.9. The summed E-state index contributed by atoms with van der Waals surface area (Å²) in [4.78, 5) is 40.1. The molecule has 0 bridgehead atoms.